The third-order valence-electron chi connectivity index (χ3n) is 0.679. The van der Waals surface area contributed by atoms with E-state index in [1.165, 1.54) is 0 Å². The van der Waals surface area contributed by atoms with E-state index in [0.29, 0.717) is 0 Å². The van der Waals surface area contributed by atoms with E-state index in [4.69, 9.17) is 10.6 Å². The monoisotopic (exact) mass is 167 g/mol. The summed E-state index contributed by atoms with van der Waals surface area (Å²) in [6.45, 7) is 0.952. The van der Waals surface area contributed by atoms with E-state index in [9.17, 15) is 9.36 Å². The van der Waals surface area contributed by atoms with Crippen molar-refractivity contribution in [2.24, 2.45) is 5.73 Å². The lowest BCUT2D eigenvalue weighted by atomic mass is 10.4. The molecule has 3 N–H and O–H groups in total. The van der Waals surface area contributed by atoms with E-state index in [-0.39, 0.29) is 13.0 Å². The van der Waals surface area contributed by atoms with Crippen LogP contribution in [0.3, 0.4) is 0 Å². The number of nitrogens with two attached hydrogens (primary N) is 1. The van der Waals surface area contributed by atoms with Gasteiger partial charge in [0.15, 0.2) is 0 Å². The highest BCUT2D eigenvalue weighted by atomic mass is 31.2. The van der Waals surface area contributed by atoms with Crippen molar-refractivity contribution in [3.63, 3.8) is 0 Å². The summed E-state index contributed by atoms with van der Waals surface area (Å²) in [7, 11) is -3.43. The summed E-state index contributed by atoms with van der Waals surface area (Å²) in [5, 5.41) is 0. The molecule has 0 spiro atoms. The maximum atomic E-state index is 10.4. The number of carbonyl (C=O) groups excluding carboxylic acids is 1. The Morgan fingerprint density at radius 3 is 2.60 bits per heavy atom. The Balaban J connectivity index is 3.39. The van der Waals surface area contributed by atoms with Crippen LogP contribution in [0.25, 0.3) is 0 Å². The van der Waals surface area contributed by atoms with Crippen LogP contribution >= 0.6 is 7.60 Å². The molecular formula is C4H10NO4P. The highest BCUT2D eigenvalue weighted by molar-refractivity contribution is 7.51. The molecule has 0 bridgehead atoms. The maximum Gasteiger partial charge on any atom is 0.325 e. The molecule has 10 heavy (non-hydrogen) atoms. The van der Waals surface area contributed by atoms with E-state index in [1.807, 2.05) is 0 Å². The van der Waals surface area contributed by atoms with Gasteiger partial charge >= 0.3 is 7.60 Å². The fourth-order valence-electron chi connectivity index (χ4n) is 0.316. The number of hydrogen-bond donors (Lipinski definition) is 2. The molecule has 0 aromatic heterocycles. The molecule has 0 aliphatic heterocycles. The van der Waals surface area contributed by atoms with Crippen LogP contribution in [0.2, 0.25) is 0 Å². The van der Waals surface area contributed by atoms with Gasteiger partial charge in [0.05, 0.1) is 13.0 Å². The van der Waals surface area contributed by atoms with Gasteiger partial charge in [-0.2, -0.15) is 0 Å². The molecule has 0 aromatic carbocycles. The minimum absolute atomic E-state index is 0.0294. The summed E-state index contributed by atoms with van der Waals surface area (Å²) in [5.74, 6) is -0.548. The van der Waals surface area contributed by atoms with Gasteiger partial charge in [0.2, 0.25) is 5.91 Å². The zero-order chi connectivity index (χ0) is 8.20. The van der Waals surface area contributed by atoms with Crippen molar-refractivity contribution >= 4 is 13.5 Å². The van der Waals surface area contributed by atoms with Crippen LogP contribution in [0.1, 0.15) is 6.42 Å². The Morgan fingerprint density at radius 2 is 2.30 bits per heavy atom. The predicted octanol–water partition coefficient (Wildman–Crippen LogP) is -0.306. The summed E-state index contributed by atoms with van der Waals surface area (Å²) < 4.78 is 14.7. The number of carbonyl (C=O) groups is 1. The van der Waals surface area contributed by atoms with Gasteiger partial charge in [-0.3, -0.25) is 9.36 Å². The minimum atomic E-state index is -3.43. The number of rotatable bonds is 4. The third-order valence-corrected chi connectivity index (χ3v) is 1.34. The van der Waals surface area contributed by atoms with Crippen LogP contribution in [-0.2, 0) is 13.9 Å². The number of hydrogen-bond acceptors (Lipinski definition) is 3. The topological polar surface area (TPSA) is 89.6 Å². The average molecular weight is 167 g/mol. The second-order valence-corrected chi connectivity index (χ2v) is 3.72. The lowest BCUT2D eigenvalue weighted by Gasteiger charge is -2.03. The summed E-state index contributed by atoms with van der Waals surface area (Å²) in [4.78, 5) is 18.6. The SMILES string of the molecule is CP(=O)(O)OCCC(N)=O. The summed E-state index contributed by atoms with van der Waals surface area (Å²) >= 11 is 0. The van der Waals surface area contributed by atoms with Crippen LogP contribution < -0.4 is 5.73 Å². The van der Waals surface area contributed by atoms with Crippen molar-refractivity contribution in [1.82, 2.24) is 0 Å². The van der Waals surface area contributed by atoms with Gasteiger partial charge in [-0.25, -0.2) is 0 Å². The van der Waals surface area contributed by atoms with Gasteiger partial charge < -0.3 is 15.2 Å². The Hall–Kier alpha value is -0.380. The first-order valence-electron chi connectivity index (χ1n) is 2.65. The molecular weight excluding hydrogens is 157 g/mol. The molecule has 0 aliphatic carbocycles. The lowest BCUT2D eigenvalue weighted by molar-refractivity contribution is -0.118. The van der Waals surface area contributed by atoms with E-state index in [1.54, 1.807) is 0 Å². The van der Waals surface area contributed by atoms with Crippen molar-refractivity contribution in [2.45, 2.75) is 6.42 Å². The van der Waals surface area contributed by atoms with E-state index in [2.05, 4.69) is 4.52 Å². The lowest BCUT2D eigenvalue weighted by Crippen LogP contribution is -2.12. The first-order chi connectivity index (χ1) is 4.42. The Bertz CT molecular complexity index is 163. The maximum absolute atomic E-state index is 10.4. The van der Waals surface area contributed by atoms with E-state index in [0.717, 1.165) is 6.66 Å². The molecule has 5 nitrogen and oxygen atoms in total. The zero-order valence-corrected chi connectivity index (χ0v) is 6.51. The van der Waals surface area contributed by atoms with Gasteiger partial charge in [0.1, 0.15) is 0 Å². The molecule has 60 valence electrons. The Labute approximate surface area is 58.7 Å². The van der Waals surface area contributed by atoms with Crippen molar-refractivity contribution in [2.75, 3.05) is 13.3 Å². The average Bonchev–Trinajstić information content (AvgIpc) is 1.59. The quantitative estimate of drug-likeness (QED) is 0.562. The summed E-state index contributed by atoms with van der Waals surface area (Å²) in [5.41, 5.74) is 4.73. The van der Waals surface area contributed by atoms with Crippen LogP contribution in [0.4, 0.5) is 0 Å². The van der Waals surface area contributed by atoms with Crippen LogP contribution in [0, 0.1) is 0 Å². The Morgan fingerprint density at radius 1 is 1.80 bits per heavy atom. The first kappa shape index (κ1) is 9.62. The third kappa shape index (κ3) is 7.62. The highest BCUT2D eigenvalue weighted by Gasteiger charge is 2.09. The van der Waals surface area contributed by atoms with Gasteiger partial charge in [-0.15, -0.1) is 0 Å². The molecule has 6 heteroatoms. The molecule has 0 saturated carbocycles. The molecule has 0 rings (SSSR count). The normalized spacial score (nSPS) is 16.2. The van der Waals surface area contributed by atoms with Gasteiger partial charge in [0, 0.05) is 6.66 Å². The van der Waals surface area contributed by atoms with Gasteiger partial charge in [-0.05, 0) is 0 Å². The molecule has 0 aromatic rings. The Kier molecular flexibility index (Phi) is 3.57. The largest absolute Gasteiger partial charge is 0.370 e. The predicted molar refractivity (Wildman–Crippen MR) is 35.5 cm³/mol. The summed E-state index contributed by atoms with van der Waals surface area (Å²) in [6, 6.07) is 0. The molecule has 0 fully saturated rings. The van der Waals surface area contributed by atoms with Crippen LogP contribution in [0.15, 0.2) is 0 Å². The first-order valence-corrected chi connectivity index (χ1v) is 4.67. The smallest absolute Gasteiger partial charge is 0.325 e. The molecule has 1 unspecified atom stereocenters. The van der Waals surface area contributed by atoms with Crippen molar-refractivity contribution < 1.29 is 18.8 Å². The summed E-state index contributed by atoms with van der Waals surface area (Å²) in [6.07, 6.45) is -0.0294. The fourth-order valence-corrected chi connectivity index (χ4v) is 0.746. The van der Waals surface area contributed by atoms with Gasteiger partial charge in [-0.1, -0.05) is 0 Å². The number of amides is 1. The molecule has 0 aliphatic rings. The van der Waals surface area contributed by atoms with Crippen molar-refractivity contribution in [3.05, 3.63) is 0 Å². The van der Waals surface area contributed by atoms with Crippen LogP contribution in [-0.4, -0.2) is 24.1 Å². The molecule has 1 atom stereocenters. The molecule has 0 saturated heterocycles. The standard InChI is InChI=1S/C4H10NO4P/c1-10(7,8)9-3-2-4(5)6/h2-3H2,1H3,(H2,5,6)(H,7,8). The van der Waals surface area contributed by atoms with Crippen LogP contribution in [0.5, 0.6) is 0 Å². The van der Waals surface area contributed by atoms with Crippen molar-refractivity contribution in [1.29, 1.82) is 0 Å². The van der Waals surface area contributed by atoms with Crippen molar-refractivity contribution in [3.8, 4) is 0 Å². The second-order valence-electron chi connectivity index (χ2n) is 1.85. The molecule has 0 radical (unpaired) electrons. The fraction of sp³-hybridized carbons (Fsp3) is 0.750. The zero-order valence-electron chi connectivity index (χ0n) is 5.61. The number of primary amides is 1. The van der Waals surface area contributed by atoms with E-state index >= 15 is 0 Å². The second kappa shape index (κ2) is 3.71. The molecule has 1 amide bonds. The van der Waals surface area contributed by atoms with E-state index < -0.39 is 13.5 Å². The minimum Gasteiger partial charge on any atom is -0.370 e. The highest BCUT2D eigenvalue weighted by Crippen LogP contribution is 2.36. The van der Waals surface area contributed by atoms with Gasteiger partial charge in [0.25, 0.3) is 0 Å². The molecule has 0 heterocycles.